The highest BCUT2D eigenvalue weighted by atomic mass is 16.5. The first-order valence-corrected chi connectivity index (χ1v) is 7.77. The highest BCUT2D eigenvalue weighted by Crippen LogP contribution is 2.24. The van der Waals surface area contributed by atoms with Crippen LogP contribution in [0.1, 0.15) is 18.6 Å². The molecule has 0 aromatic carbocycles. The Kier molecular flexibility index (Phi) is 4.20. The molecule has 2 fully saturated rings. The zero-order valence-electron chi connectivity index (χ0n) is 13.1. The first kappa shape index (κ1) is 15.1. The number of carbonyl (C=O) groups is 1. The monoisotopic (exact) mass is 306 g/mol. The number of piperidine rings is 1. The minimum atomic E-state index is -0.409. The van der Waals surface area contributed by atoms with Gasteiger partial charge in [0, 0.05) is 12.0 Å². The Hall–Kier alpha value is -1.82. The van der Waals surface area contributed by atoms with Crippen molar-refractivity contribution < 1.29 is 13.9 Å². The van der Waals surface area contributed by atoms with Gasteiger partial charge in [-0.3, -0.25) is 4.79 Å². The van der Waals surface area contributed by atoms with Crippen LogP contribution in [0.3, 0.4) is 0 Å². The van der Waals surface area contributed by atoms with Crippen molar-refractivity contribution in [3.63, 3.8) is 0 Å². The van der Waals surface area contributed by atoms with E-state index in [9.17, 15) is 9.59 Å². The molecule has 2 aliphatic rings. The van der Waals surface area contributed by atoms with Crippen molar-refractivity contribution in [1.29, 1.82) is 0 Å². The molecule has 0 aliphatic carbocycles. The van der Waals surface area contributed by atoms with Gasteiger partial charge in [-0.2, -0.15) is 0 Å². The molecule has 0 unspecified atom stereocenters. The molecule has 0 N–H and O–H groups in total. The Labute approximate surface area is 129 Å². The lowest BCUT2D eigenvalue weighted by molar-refractivity contribution is -0.146. The van der Waals surface area contributed by atoms with Crippen LogP contribution in [0.4, 0.5) is 0 Å². The Bertz CT molecular complexity index is 598. The van der Waals surface area contributed by atoms with Crippen molar-refractivity contribution in [2.24, 2.45) is 5.92 Å². The predicted octanol–water partition coefficient (Wildman–Crippen LogP) is 0.880. The smallest absolute Gasteiger partial charge is 0.339 e. The number of carbonyl (C=O) groups excluding carboxylic acids is 1. The number of hydrogen-bond acceptors (Lipinski definition) is 5. The van der Waals surface area contributed by atoms with Gasteiger partial charge < -0.3 is 19.0 Å². The summed E-state index contributed by atoms with van der Waals surface area (Å²) in [6.07, 6.45) is 1.85. The number of nitrogens with zero attached hydrogens (tertiary/aromatic N) is 2. The van der Waals surface area contributed by atoms with E-state index in [0.717, 1.165) is 25.9 Å². The van der Waals surface area contributed by atoms with Crippen LogP contribution < -0.4 is 10.4 Å². The van der Waals surface area contributed by atoms with Gasteiger partial charge in [0.15, 0.2) is 0 Å². The normalized spacial score (nSPS) is 20.7. The number of hydrogen-bond donors (Lipinski definition) is 0. The maximum absolute atomic E-state index is 12.4. The lowest BCUT2D eigenvalue weighted by atomic mass is 9.94. The molecule has 1 amide bonds. The number of ether oxygens (including phenoxy) is 1. The fraction of sp³-hybridized carbons (Fsp3) is 0.625. The van der Waals surface area contributed by atoms with Crippen LogP contribution in [0, 0.1) is 12.8 Å². The van der Waals surface area contributed by atoms with E-state index in [-0.39, 0.29) is 17.9 Å². The average molecular weight is 306 g/mol. The van der Waals surface area contributed by atoms with Gasteiger partial charge in [-0.05, 0) is 39.9 Å². The number of likely N-dealkylation sites (tertiary alicyclic amines) is 2. The van der Waals surface area contributed by atoms with Gasteiger partial charge in [-0.15, -0.1) is 0 Å². The number of amides is 1. The average Bonchev–Trinajstić information content (AvgIpc) is 2.41. The molecule has 0 spiro atoms. The maximum atomic E-state index is 12.4. The quantitative estimate of drug-likeness (QED) is 0.829. The second-order valence-electron chi connectivity index (χ2n) is 6.28. The molecule has 120 valence electrons. The van der Waals surface area contributed by atoms with E-state index in [1.54, 1.807) is 13.0 Å². The summed E-state index contributed by atoms with van der Waals surface area (Å²) < 4.78 is 10.6. The minimum Gasteiger partial charge on any atom is -0.486 e. The second kappa shape index (κ2) is 6.12. The van der Waals surface area contributed by atoms with Crippen molar-refractivity contribution in [2.45, 2.75) is 25.9 Å². The molecule has 6 nitrogen and oxygen atoms in total. The van der Waals surface area contributed by atoms with Gasteiger partial charge in [0.2, 0.25) is 5.91 Å². The molecule has 0 radical (unpaired) electrons. The summed E-state index contributed by atoms with van der Waals surface area (Å²) >= 11 is 0. The predicted molar refractivity (Wildman–Crippen MR) is 80.9 cm³/mol. The third-order valence-electron chi connectivity index (χ3n) is 4.40. The Morgan fingerprint density at radius 1 is 1.27 bits per heavy atom. The van der Waals surface area contributed by atoms with Crippen LogP contribution in [-0.2, 0) is 4.79 Å². The van der Waals surface area contributed by atoms with Crippen LogP contribution in [0.15, 0.2) is 21.3 Å². The van der Waals surface area contributed by atoms with Gasteiger partial charge in [-0.1, -0.05) is 0 Å². The van der Waals surface area contributed by atoms with E-state index in [4.69, 9.17) is 9.15 Å². The molecule has 22 heavy (non-hydrogen) atoms. The van der Waals surface area contributed by atoms with Crippen molar-refractivity contribution >= 4 is 5.91 Å². The summed E-state index contributed by atoms with van der Waals surface area (Å²) in [4.78, 5) is 27.8. The molecular formula is C16H22N2O4. The van der Waals surface area contributed by atoms with Gasteiger partial charge in [0.05, 0.1) is 19.2 Å². The summed E-state index contributed by atoms with van der Waals surface area (Å²) in [5, 5.41) is 0. The molecular weight excluding hydrogens is 284 g/mol. The Balaban J connectivity index is 1.49. The summed E-state index contributed by atoms with van der Waals surface area (Å²) in [5.41, 5.74) is -0.409. The van der Waals surface area contributed by atoms with Crippen molar-refractivity contribution in [1.82, 2.24) is 9.80 Å². The van der Waals surface area contributed by atoms with Crippen molar-refractivity contribution in [3.8, 4) is 5.75 Å². The highest BCUT2D eigenvalue weighted by Gasteiger charge is 2.36. The zero-order chi connectivity index (χ0) is 15.7. The third-order valence-corrected chi connectivity index (χ3v) is 4.40. The van der Waals surface area contributed by atoms with E-state index >= 15 is 0 Å². The lowest BCUT2D eigenvalue weighted by Gasteiger charge is -2.41. The van der Waals surface area contributed by atoms with Crippen LogP contribution >= 0.6 is 0 Å². The molecule has 0 saturated carbocycles. The first-order valence-electron chi connectivity index (χ1n) is 7.77. The van der Waals surface area contributed by atoms with Gasteiger partial charge >= 0.3 is 5.63 Å². The van der Waals surface area contributed by atoms with E-state index in [0.29, 0.717) is 24.6 Å². The topological polar surface area (TPSA) is 63.0 Å². The fourth-order valence-electron chi connectivity index (χ4n) is 3.04. The SMILES string of the molecule is Cc1cc(OC2CN(C(=O)C3CCN(C)CC3)C2)cc(=O)o1. The third kappa shape index (κ3) is 3.32. The summed E-state index contributed by atoms with van der Waals surface area (Å²) in [6, 6.07) is 3.04. The molecule has 2 saturated heterocycles. The molecule has 2 aliphatic heterocycles. The van der Waals surface area contributed by atoms with E-state index in [1.807, 2.05) is 4.90 Å². The molecule has 0 atom stereocenters. The van der Waals surface area contributed by atoms with Gasteiger partial charge in [-0.25, -0.2) is 4.79 Å². The molecule has 1 aromatic heterocycles. The van der Waals surface area contributed by atoms with Crippen LogP contribution in [0.2, 0.25) is 0 Å². The number of aryl methyl sites for hydroxylation is 1. The number of rotatable bonds is 3. The molecule has 6 heteroatoms. The van der Waals surface area contributed by atoms with Gasteiger partial charge in [0.1, 0.15) is 17.6 Å². The second-order valence-corrected chi connectivity index (χ2v) is 6.28. The van der Waals surface area contributed by atoms with Crippen molar-refractivity contribution in [2.75, 3.05) is 33.2 Å². The molecule has 1 aromatic rings. The minimum absolute atomic E-state index is 0.0311. The fourth-order valence-corrected chi connectivity index (χ4v) is 3.04. The van der Waals surface area contributed by atoms with E-state index in [1.165, 1.54) is 6.07 Å². The Morgan fingerprint density at radius 2 is 1.95 bits per heavy atom. The summed E-state index contributed by atoms with van der Waals surface area (Å²) in [6.45, 7) is 4.90. The molecule has 0 bridgehead atoms. The first-order chi connectivity index (χ1) is 10.5. The van der Waals surface area contributed by atoms with Crippen LogP contribution in [0.5, 0.6) is 5.75 Å². The summed E-state index contributed by atoms with van der Waals surface area (Å²) in [5.74, 6) is 1.45. The molecule has 3 heterocycles. The lowest BCUT2D eigenvalue weighted by Crippen LogP contribution is -2.58. The standard InChI is InChI=1S/C16H22N2O4/c1-11-7-13(8-15(19)21-11)22-14-9-18(10-14)16(20)12-3-5-17(2)6-4-12/h7-8,12,14H,3-6,9-10H2,1-2H3. The van der Waals surface area contributed by atoms with E-state index in [2.05, 4.69) is 11.9 Å². The van der Waals surface area contributed by atoms with Crippen LogP contribution in [0.25, 0.3) is 0 Å². The zero-order valence-corrected chi connectivity index (χ0v) is 13.1. The van der Waals surface area contributed by atoms with Gasteiger partial charge in [0.25, 0.3) is 0 Å². The van der Waals surface area contributed by atoms with Crippen molar-refractivity contribution in [3.05, 3.63) is 28.3 Å². The van der Waals surface area contributed by atoms with E-state index < -0.39 is 5.63 Å². The molecule has 3 rings (SSSR count). The Morgan fingerprint density at radius 3 is 2.59 bits per heavy atom. The van der Waals surface area contributed by atoms with Crippen LogP contribution in [-0.4, -0.2) is 55.0 Å². The largest absolute Gasteiger partial charge is 0.486 e. The summed E-state index contributed by atoms with van der Waals surface area (Å²) in [7, 11) is 2.09. The maximum Gasteiger partial charge on any atom is 0.339 e. The highest BCUT2D eigenvalue weighted by molar-refractivity contribution is 5.79.